The first kappa shape index (κ1) is 24.7. The third-order valence-corrected chi connectivity index (χ3v) is 5.94. The van der Waals surface area contributed by atoms with Gasteiger partial charge in [-0.1, -0.05) is 54.1 Å². The van der Waals surface area contributed by atoms with Crippen LogP contribution in [-0.4, -0.2) is 39.5 Å². The van der Waals surface area contributed by atoms with E-state index in [-0.39, 0.29) is 29.4 Å². The summed E-state index contributed by atoms with van der Waals surface area (Å²) in [6, 6.07) is 19.7. The molecule has 0 radical (unpaired) electrons. The van der Waals surface area contributed by atoms with Gasteiger partial charge >= 0.3 is 5.97 Å². The quantitative estimate of drug-likeness (QED) is 0.278. The van der Waals surface area contributed by atoms with Gasteiger partial charge in [0.2, 0.25) is 5.91 Å². The molecule has 2 aromatic carbocycles. The predicted molar refractivity (Wildman–Crippen MR) is 137 cm³/mol. The van der Waals surface area contributed by atoms with Gasteiger partial charge < -0.3 is 15.0 Å². The Kier molecular flexibility index (Phi) is 7.15. The maximum absolute atomic E-state index is 13.1. The molecule has 2 N–H and O–H groups in total. The van der Waals surface area contributed by atoms with Gasteiger partial charge in [0, 0.05) is 24.2 Å². The predicted octanol–water partition coefficient (Wildman–Crippen LogP) is 4.71. The number of ether oxygens (including phenoxy) is 1. The number of aromatic nitrogens is 3. The number of benzene rings is 2. The smallest absolute Gasteiger partial charge is 0.339 e. The van der Waals surface area contributed by atoms with Crippen molar-refractivity contribution in [3.63, 3.8) is 0 Å². The highest BCUT2D eigenvalue weighted by Crippen LogP contribution is 2.25. The maximum atomic E-state index is 13.1. The van der Waals surface area contributed by atoms with Gasteiger partial charge in [-0.2, -0.15) is 5.10 Å². The molecule has 8 heteroatoms. The van der Waals surface area contributed by atoms with Crippen LogP contribution in [0, 0.1) is 13.8 Å². The Morgan fingerprint density at radius 3 is 2.44 bits per heavy atom. The van der Waals surface area contributed by atoms with Crippen LogP contribution in [-0.2, 0) is 22.5 Å². The number of methoxy groups -OCH3 is 1. The number of anilines is 1. The second-order valence-electron chi connectivity index (χ2n) is 8.68. The number of aryl methyl sites for hydroxylation is 1. The van der Waals surface area contributed by atoms with Crippen molar-refractivity contribution in [1.29, 1.82) is 0 Å². The first-order valence-corrected chi connectivity index (χ1v) is 11.6. The molecule has 0 saturated heterocycles. The molecule has 8 nitrogen and oxygen atoms in total. The summed E-state index contributed by atoms with van der Waals surface area (Å²) in [6.07, 6.45) is -0.144. The van der Waals surface area contributed by atoms with E-state index in [9.17, 15) is 14.4 Å². The van der Waals surface area contributed by atoms with Crippen molar-refractivity contribution in [1.82, 2.24) is 14.8 Å². The maximum Gasteiger partial charge on any atom is 0.339 e. The van der Waals surface area contributed by atoms with Gasteiger partial charge in [0.15, 0.2) is 5.78 Å². The number of amides is 1. The second kappa shape index (κ2) is 10.4. The fraction of sp³-hybridized carbons (Fsp3) is 0.214. The van der Waals surface area contributed by atoms with Crippen molar-refractivity contribution in [3.8, 4) is 11.3 Å². The van der Waals surface area contributed by atoms with E-state index in [0.29, 0.717) is 23.6 Å². The van der Waals surface area contributed by atoms with E-state index in [1.54, 1.807) is 11.6 Å². The van der Waals surface area contributed by atoms with Crippen molar-refractivity contribution < 1.29 is 19.1 Å². The molecule has 0 atom stereocenters. The molecule has 0 aliphatic rings. The Bertz CT molecular complexity index is 1430. The standard InChI is InChI=1S/C28H28N4O4/c1-17-9-8-12-21(13-17)22-14-24(32(31-22)16-20-10-6-5-7-11-20)30-25(34)15-23-26(28(35)36-4)18(2)27(29-23)19(3)33/h5-14,29H,15-16H2,1-4H3,(H,30,34). The summed E-state index contributed by atoms with van der Waals surface area (Å²) in [5.41, 5.74) is 5.10. The van der Waals surface area contributed by atoms with Gasteiger partial charge in [0.1, 0.15) is 5.82 Å². The van der Waals surface area contributed by atoms with Gasteiger partial charge in [-0.05, 0) is 31.0 Å². The molecule has 36 heavy (non-hydrogen) atoms. The number of nitrogens with zero attached hydrogens (tertiary/aromatic N) is 2. The lowest BCUT2D eigenvalue weighted by Gasteiger charge is -2.09. The lowest BCUT2D eigenvalue weighted by atomic mass is 10.1. The van der Waals surface area contributed by atoms with Crippen LogP contribution in [0.1, 0.15) is 50.2 Å². The SMILES string of the molecule is COC(=O)c1c(CC(=O)Nc2cc(-c3cccc(C)c3)nn2Cc2ccccc2)[nH]c(C(C)=O)c1C. The first-order valence-electron chi connectivity index (χ1n) is 11.6. The Hall–Kier alpha value is -4.46. The van der Waals surface area contributed by atoms with Gasteiger partial charge in [-0.25, -0.2) is 9.48 Å². The monoisotopic (exact) mass is 484 g/mol. The van der Waals surface area contributed by atoms with Crippen molar-refractivity contribution in [2.24, 2.45) is 0 Å². The molecule has 4 rings (SSSR count). The number of nitrogens with one attached hydrogen (secondary N) is 2. The van der Waals surface area contributed by atoms with Crippen LogP contribution in [0.5, 0.6) is 0 Å². The summed E-state index contributed by atoms with van der Waals surface area (Å²) in [5, 5.41) is 7.68. The molecule has 0 aliphatic heterocycles. The fourth-order valence-corrected chi connectivity index (χ4v) is 4.21. The largest absolute Gasteiger partial charge is 0.465 e. The molecule has 0 unspecified atom stereocenters. The summed E-state index contributed by atoms with van der Waals surface area (Å²) < 4.78 is 6.63. The van der Waals surface area contributed by atoms with Crippen molar-refractivity contribution in [3.05, 3.63) is 94.3 Å². The number of H-pyrrole nitrogens is 1. The molecular weight excluding hydrogens is 456 g/mol. The Balaban J connectivity index is 1.65. The molecule has 2 aromatic heterocycles. The highest BCUT2D eigenvalue weighted by molar-refractivity contribution is 6.02. The normalized spacial score (nSPS) is 10.8. The number of aromatic amines is 1. The summed E-state index contributed by atoms with van der Waals surface area (Å²) in [6.45, 7) is 5.54. The summed E-state index contributed by atoms with van der Waals surface area (Å²) in [5.74, 6) is -0.667. The third-order valence-electron chi connectivity index (χ3n) is 5.94. The summed E-state index contributed by atoms with van der Waals surface area (Å²) in [4.78, 5) is 40.5. The van der Waals surface area contributed by atoms with E-state index in [2.05, 4.69) is 10.3 Å². The number of Topliss-reactive ketones (excluding diaryl/α,β-unsaturated/α-hetero) is 1. The second-order valence-corrected chi connectivity index (χ2v) is 8.68. The van der Waals surface area contributed by atoms with Gasteiger partial charge in [0.05, 0.1) is 37.0 Å². The fourth-order valence-electron chi connectivity index (χ4n) is 4.21. The van der Waals surface area contributed by atoms with Crippen LogP contribution < -0.4 is 5.32 Å². The van der Waals surface area contributed by atoms with Crippen molar-refractivity contribution in [2.75, 3.05) is 12.4 Å². The lowest BCUT2D eigenvalue weighted by Crippen LogP contribution is -2.19. The molecule has 0 saturated carbocycles. The molecule has 1 amide bonds. The Morgan fingerprint density at radius 2 is 1.78 bits per heavy atom. The molecule has 2 heterocycles. The summed E-state index contributed by atoms with van der Waals surface area (Å²) in [7, 11) is 1.26. The molecule has 184 valence electrons. The van der Waals surface area contributed by atoms with Crippen LogP contribution in [0.3, 0.4) is 0 Å². The van der Waals surface area contributed by atoms with Crippen LogP contribution in [0.2, 0.25) is 0 Å². The third kappa shape index (κ3) is 5.27. The lowest BCUT2D eigenvalue weighted by molar-refractivity contribution is -0.115. The topological polar surface area (TPSA) is 106 Å². The van der Waals surface area contributed by atoms with E-state index >= 15 is 0 Å². The average Bonchev–Trinajstić information content (AvgIpc) is 3.39. The zero-order valence-electron chi connectivity index (χ0n) is 20.7. The molecule has 0 aliphatic carbocycles. The Labute approximate surface area is 209 Å². The minimum Gasteiger partial charge on any atom is -0.465 e. The number of hydrogen-bond donors (Lipinski definition) is 2. The van der Waals surface area contributed by atoms with E-state index < -0.39 is 5.97 Å². The van der Waals surface area contributed by atoms with E-state index in [1.807, 2.05) is 67.6 Å². The number of carbonyl (C=O) groups excluding carboxylic acids is 3. The van der Waals surface area contributed by atoms with Gasteiger partial charge in [-0.15, -0.1) is 0 Å². The minimum atomic E-state index is -0.602. The molecular formula is C28H28N4O4. The molecule has 0 spiro atoms. The minimum absolute atomic E-state index is 0.144. The first-order chi connectivity index (χ1) is 17.3. The highest BCUT2D eigenvalue weighted by atomic mass is 16.5. The van der Waals surface area contributed by atoms with Gasteiger partial charge in [0.25, 0.3) is 0 Å². The number of carbonyl (C=O) groups is 3. The van der Waals surface area contributed by atoms with Crippen LogP contribution in [0.25, 0.3) is 11.3 Å². The number of rotatable bonds is 8. The average molecular weight is 485 g/mol. The molecule has 0 fully saturated rings. The number of ketones is 1. The molecule has 4 aromatic rings. The van der Waals surface area contributed by atoms with E-state index in [1.165, 1.54) is 14.0 Å². The van der Waals surface area contributed by atoms with Crippen molar-refractivity contribution in [2.45, 2.75) is 33.7 Å². The summed E-state index contributed by atoms with van der Waals surface area (Å²) >= 11 is 0. The van der Waals surface area contributed by atoms with Crippen LogP contribution >= 0.6 is 0 Å². The van der Waals surface area contributed by atoms with E-state index in [4.69, 9.17) is 9.84 Å². The zero-order chi connectivity index (χ0) is 25.8. The van der Waals surface area contributed by atoms with E-state index in [0.717, 1.165) is 22.4 Å². The van der Waals surface area contributed by atoms with Crippen LogP contribution in [0.15, 0.2) is 60.7 Å². The van der Waals surface area contributed by atoms with Crippen LogP contribution in [0.4, 0.5) is 5.82 Å². The van der Waals surface area contributed by atoms with Crippen molar-refractivity contribution >= 4 is 23.5 Å². The molecule has 0 bridgehead atoms. The van der Waals surface area contributed by atoms with Gasteiger partial charge in [-0.3, -0.25) is 9.59 Å². The number of esters is 1. The zero-order valence-corrected chi connectivity index (χ0v) is 20.7. The highest BCUT2D eigenvalue weighted by Gasteiger charge is 2.25. The number of hydrogen-bond acceptors (Lipinski definition) is 5. The Morgan fingerprint density at radius 1 is 1.03 bits per heavy atom.